The third-order valence-electron chi connectivity index (χ3n) is 3.17. The molecule has 0 fully saturated rings. The summed E-state index contributed by atoms with van der Waals surface area (Å²) >= 11 is 0. The Hall–Kier alpha value is -1.00. The van der Waals surface area contributed by atoms with Crippen LogP contribution in [0.3, 0.4) is 0 Å². The number of sulfonamides is 2. The predicted molar refractivity (Wildman–Crippen MR) is 85.4 cm³/mol. The van der Waals surface area contributed by atoms with Crippen molar-refractivity contribution < 1.29 is 16.8 Å². The van der Waals surface area contributed by atoms with Crippen LogP contribution in [0.15, 0.2) is 34.1 Å². The molecule has 0 aliphatic rings. The Morgan fingerprint density at radius 1 is 1.14 bits per heavy atom. The summed E-state index contributed by atoms with van der Waals surface area (Å²) in [6.07, 6.45) is 0. The topological polar surface area (TPSA) is 110 Å². The van der Waals surface area contributed by atoms with Crippen molar-refractivity contribution in [3.05, 3.63) is 24.3 Å². The van der Waals surface area contributed by atoms with Crippen molar-refractivity contribution in [2.75, 3.05) is 19.6 Å². The minimum atomic E-state index is -3.81. The lowest BCUT2D eigenvalue weighted by Gasteiger charge is -2.19. The van der Waals surface area contributed by atoms with Crippen LogP contribution in [0.4, 0.5) is 0 Å². The number of hydrogen-bond donors (Lipinski definition) is 2. The van der Waals surface area contributed by atoms with E-state index in [1.54, 1.807) is 20.8 Å². The molecule has 0 amide bonds. The normalized spacial score (nSPS) is 14.2. The summed E-state index contributed by atoms with van der Waals surface area (Å²) in [5.74, 6) is 0. The fraction of sp³-hybridized carbons (Fsp3) is 0.538. The molecule has 0 spiro atoms. The first-order valence-corrected chi connectivity index (χ1v) is 9.94. The van der Waals surface area contributed by atoms with Crippen molar-refractivity contribution >= 4 is 20.0 Å². The monoisotopic (exact) mass is 349 g/mol. The van der Waals surface area contributed by atoms with Crippen molar-refractivity contribution in [2.45, 2.75) is 36.6 Å². The summed E-state index contributed by atoms with van der Waals surface area (Å²) in [6, 6.07) is 4.89. The molecule has 1 aromatic carbocycles. The van der Waals surface area contributed by atoms with Gasteiger partial charge in [-0.25, -0.2) is 21.6 Å². The van der Waals surface area contributed by atoms with Crippen LogP contribution < -0.4 is 10.5 Å². The van der Waals surface area contributed by atoms with Crippen LogP contribution in [0, 0.1) is 0 Å². The second kappa shape index (κ2) is 7.51. The highest BCUT2D eigenvalue weighted by Gasteiger charge is 2.24. The molecule has 0 unspecified atom stereocenters. The summed E-state index contributed by atoms with van der Waals surface area (Å²) in [4.78, 5) is -0.138. The Morgan fingerprint density at radius 2 is 1.68 bits per heavy atom. The molecule has 3 N–H and O–H groups in total. The second-order valence-electron chi connectivity index (χ2n) is 4.82. The van der Waals surface area contributed by atoms with Gasteiger partial charge in [0.05, 0.1) is 9.79 Å². The van der Waals surface area contributed by atoms with E-state index in [0.717, 1.165) is 0 Å². The van der Waals surface area contributed by atoms with Crippen molar-refractivity contribution in [3.63, 3.8) is 0 Å². The summed E-state index contributed by atoms with van der Waals surface area (Å²) < 4.78 is 53.0. The van der Waals surface area contributed by atoms with E-state index in [1.807, 2.05) is 0 Å². The number of benzene rings is 1. The maximum atomic E-state index is 12.4. The summed E-state index contributed by atoms with van der Waals surface area (Å²) in [5, 5.41) is 0. The van der Waals surface area contributed by atoms with Gasteiger partial charge in [-0.2, -0.15) is 4.31 Å². The Labute approximate surface area is 132 Å². The highest BCUT2D eigenvalue weighted by Crippen LogP contribution is 2.19. The SMILES string of the molecule is CCN(CC)S(=O)(=O)c1cccc(S(=O)(=O)N[C@H](C)CN)c1. The lowest BCUT2D eigenvalue weighted by Crippen LogP contribution is -2.37. The maximum absolute atomic E-state index is 12.4. The van der Waals surface area contributed by atoms with Crippen molar-refractivity contribution in [1.82, 2.24) is 9.03 Å². The van der Waals surface area contributed by atoms with Crippen LogP contribution in [-0.4, -0.2) is 46.8 Å². The molecule has 0 aliphatic heterocycles. The van der Waals surface area contributed by atoms with Gasteiger partial charge in [0, 0.05) is 25.7 Å². The standard InChI is InChI=1S/C13H23N3O4S2/c1-4-16(5-2)22(19,20)13-8-6-7-12(9-13)21(17,18)15-11(3)10-14/h6-9,11,15H,4-5,10,14H2,1-3H3/t11-/m1/s1. The van der Waals surface area contributed by atoms with E-state index >= 15 is 0 Å². The van der Waals surface area contributed by atoms with E-state index in [1.165, 1.54) is 28.6 Å². The summed E-state index contributed by atoms with van der Waals surface area (Å²) in [5.41, 5.74) is 5.40. The highest BCUT2D eigenvalue weighted by atomic mass is 32.2. The van der Waals surface area contributed by atoms with Gasteiger partial charge in [0.25, 0.3) is 0 Å². The first-order chi connectivity index (χ1) is 10.2. The van der Waals surface area contributed by atoms with Gasteiger partial charge < -0.3 is 5.73 Å². The van der Waals surface area contributed by atoms with Gasteiger partial charge in [-0.05, 0) is 25.1 Å². The maximum Gasteiger partial charge on any atom is 0.243 e. The van der Waals surface area contributed by atoms with Crippen LogP contribution in [0.25, 0.3) is 0 Å². The molecule has 0 radical (unpaired) electrons. The molecule has 1 atom stereocenters. The van der Waals surface area contributed by atoms with Gasteiger partial charge in [-0.1, -0.05) is 19.9 Å². The molecule has 0 aliphatic carbocycles. The largest absolute Gasteiger partial charge is 0.329 e. The zero-order valence-electron chi connectivity index (χ0n) is 13.0. The lowest BCUT2D eigenvalue weighted by molar-refractivity contribution is 0.445. The fourth-order valence-electron chi connectivity index (χ4n) is 1.90. The smallest absolute Gasteiger partial charge is 0.243 e. The lowest BCUT2D eigenvalue weighted by atomic mass is 10.4. The first kappa shape index (κ1) is 19.0. The predicted octanol–water partition coefficient (Wildman–Crippen LogP) is 0.343. The van der Waals surface area contributed by atoms with Gasteiger partial charge in [-0.3, -0.25) is 0 Å². The van der Waals surface area contributed by atoms with E-state index in [0.29, 0.717) is 13.1 Å². The van der Waals surface area contributed by atoms with E-state index < -0.39 is 26.1 Å². The highest BCUT2D eigenvalue weighted by molar-refractivity contribution is 7.90. The minimum absolute atomic E-state index is 0.0422. The third-order valence-corrected chi connectivity index (χ3v) is 6.80. The molecule has 0 saturated carbocycles. The average Bonchev–Trinajstić information content (AvgIpc) is 2.47. The van der Waals surface area contributed by atoms with Crippen LogP contribution in [-0.2, 0) is 20.0 Å². The third kappa shape index (κ3) is 4.26. The zero-order chi connectivity index (χ0) is 17.0. The molecule has 126 valence electrons. The number of hydrogen-bond acceptors (Lipinski definition) is 5. The van der Waals surface area contributed by atoms with Crippen LogP contribution in [0.2, 0.25) is 0 Å². The second-order valence-corrected chi connectivity index (χ2v) is 8.47. The molecular formula is C13H23N3O4S2. The van der Waals surface area contributed by atoms with E-state index in [-0.39, 0.29) is 16.3 Å². The van der Waals surface area contributed by atoms with Gasteiger partial charge in [-0.15, -0.1) is 0 Å². The van der Waals surface area contributed by atoms with Gasteiger partial charge in [0.1, 0.15) is 0 Å². The summed E-state index contributed by atoms with van der Waals surface area (Å²) in [7, 11) is -7.51. The van der Waals surface area contributed by atoms with E-state index in [9.17, 15) is 16.8 Å². The van der Waals surface area contributed by atoms with Crippen molar-refractivity contribution in [3.8, 4) is 0 Å². The summed E-state index contributed by atoms with van der Waals surface area (Å²) in [6.45, 7) is 5.87. The van der Waals surface area contributed by atoms with E-state index in [2.05, 4.69) is 4.72 Å². The van der Waals surface area contributed by atoms with Gasteiger partial charge in [0.15, 0.2) is 0 Å². The van der Waals surface area contributed by atoms with Crippen LogP contribution in [0.1, 0.15) is 20.8 Å². The Morgan fingerprint density at radius 3 is 2.18 bits per heavy atom. The molecule has 9 heteroatoms. The van der Waals surface area contributed by atoms with Crippen molar-refractivity contribution in [1.29, 1.82) is 0 Å². The number of rotatable bonds is 8. The molecule has 0 bridgehead atoms. The number of nitrogens with zero attached hydrogens (tertiary/aromatic N) is 1. The molecule has 0 heterocycles. The van der Waals surface area contributed by atoms with Crippen LogP contribution >= 0.6 is 0 Å². The first-order valence-electron chi connectivity index (χ1n) is 7.01. The molecule has 7 nitrogen and oxygen atoms in total. The zero-order valence-corrected chi connectivity index (χ0v) is 14.6. The van der Waals surface area contributed by atoms with Crippen molar-refractivity contribution in [2.24, 2.45) is 5.73 Å². The molecular weight excluding hydrogens is 326 g/mol. The van der Waals surface area contributed by atoms with Crippen LogP contribution in [0.5, 0.6) is 0 Å². The minimum Gasteiger partial charge on any atom is -0.329 e. The quantitative estimate of drug-likeness (QED) is 0.703. The molecule has 22 heavy (non-hydrogen) atoms. The molecule has 1 rings (SSSR count). The Balaban J connectivity index is 3.26. The number of nitrogens with one attached hydrogen (secondary N) is 1. The Bertz CT molecular complexity index is 698. The molecule has 1 aromatic rings. The molecule has 0 saturated heterocycles. The van der Waals surface area contributed by atoms with E-state index in [4.69, 9.17) is 5.73 Å². The average molecular weight is 349 g/mol. The Kier molecular flexibility index (Phi) is 6.50. The fourth-order valence-corrected chi connectivity index (χ4v) is 4.78. The molecule has 0 aromatic heterocycles. The number of nitrogens with two attached hydrogens (primary N) is 1. The van der Waals surface area contributed by atoms with Gasteiger partial charge >= 0.3 is 0 Å². The van der Waals surface area contributed by atoms with Gasteiger partial charge in [0.2, 0.25) is 20.0 Å².